The second-order valence-corrected chi connectivity index (χ2v) is 6.27. The molecule has 0 bridgehead atoms. The van der Waals surface area contributed by atoms with Gasteiger partial charge in [-0.1, -0.05) is 6.92 Å². The molecule has 0 amide bonds. The van der Waals surface area contributed by atoms with Crippen molar-refractivity contribution >= 4 is 15.5 Å². The Balaban J connectivity index is 2.63. The lowest BCUT2D eigenvalue weighted by molar-refractivity contribution is 0.477. The first-order chi connectivity index (χ1) is 6.78. The summed E-state index contributed by atoms with van der Waals surface area (Å²) in [7, 11) is -2.92. The Morgan fingerprint density at radius 1 is 1.60 bits per heavy atom. The molecule has 0 spiro atoms. The molecule has 0 saturated heterocycles. The summed E-state index contributed by atoms with van der Waals surface area (Å²) < 4.78 is 23.8. The minimum absolute atomic E-state index is 0.0405. The minimum atomic E-state index is -2.92. The van der Waals surface area contributed by atoms with Crippen LogP contribution >= 0.6 is 0 Å². The van der Waals surface area contributed by atoms with Crippen LogP contribution in [0.5, 0.6) is 0 Å². The Morgan fingerprint density at radius 3 is 2.60 bits per heavy atom. The normalized spacial score (nSPS) is 14.1. The first kappa shape index (κ1) is 12.0. The van der Waals surface area contributed by atoms with E-state index < -0.39 is 9.84 Å². The maximum atomic E-state index is 11.0. The summed E-state index contributed by atoms with van der Waals surface area (Å²) in [6.07, 6.45) is 2.97. The monoisotopic (exact) mass is 231 g/mol. The summed E-state index contributed by atoms with van der Waals surface area (Å²) in [6.45, 7) is 4.28. The average Bonchev–Trinajstić information content (AvgIpc) is 2.26. The summed E-state index contributed by atoms with van der Waals surface area (Å²) in [4.78, 5) is 0. The number of nitrogens with zero attached hydrogens (tertiary/aromatic N) is 2. The second-order valence-electron chi connectivity index (χ2n) is 4.09. The molecular formula is C9H17N3O2S. The first-order valence-electron chi connectivity index (χ1n) is 4.75. The summed E-state index contributed by atoms with van der Waals surface area (Å²) in [5.41, 5.74) is 7.06. The molecule has 6 heteroatoms. The lowest BCUT2D eigenvalue weighted by atomic mass is 10.2. The number of sulfone groups is 1. The van der Waals surface area contributed by atoms with Gasteiger partial charge in [0.05, 0.1) is 17.1 Å². The van der Waals surface area contributed by atoms with Crippen LogP contribution in [0.3, 0.4) is 0 Å². The first-order valence-corrected chi connectivity index (χ1v) is 6.81. The van der Waals surface area contributed by atoms with Gasteiger partial charge in [0.1, 0.15) is 9.84 Å². The number of hydrogen-bond acceptors (Lipinski definition) is 4. The molecule has 1 heterocycles. The molecule has 1 aromatic heterocycles. The predicted octanol–water partition coefficient (Wildman–Crippen LogP) is 0.454. The van der Waals surface area contributed by atoms with Gasteiger partial charge in [0.15, 0.2) is 0 Å². The van der Waals surface area contributed by atoms with Crippen LogP contribution in [-0.4, -0.2) is 30.2 Å². The van der Waals surface area contributed by atoms with E-state index in [1.165, 1.54) is 6.26 Å². The van der Waals surface area contributed by atoms with Crippen LogP contribution in [0.4, 0.5) is 5.69 Å². The van der Waals surface area contributed by atoms with E-state index in [0.717, 1.165) is 5.69 Å². The zero-order valence-corrected chi connectivity index (χ0v) is 10.1. The molecular weight excluding hydrogens is 214 g/mol. The van der Waals surface area contributed by atoms with Crippen molar-refractivity contribution in [2.45, 2.75) is 20.4 Å². The van der Waals surface area contributed by atoms with Crippen LogP contribution in [0.2, 0.25) is 0 Å². The Hall–Kier alpha value is -1.04. The molecule has 0 fully saturated rings. The van der Waals surface area contributed by atoms with E-state index in [1.54, 1.807) is 10.9 Å². The summed E-state index contributed by atoms with van der Waals surface area (Å²) >= 11 is 0. The van der Waals surface area contributed by atoms with Gasteiger partial charge in [-0.3, -0.25) is 4.68 Å². The molecule has 1 atom stereocenters. The zero-order chi connectivity index (χ0) is 11.6. The van der Waals surface area contributed by atoms with Crippen molar-refractivity contribution in [3.05, 3.63) is 11.9 Å². The predicted molar refractivity (Wildman–Crippen MR) is 60.3 cm³/mol. The fourth-order valence-electron chi connectivity index (χ4n) is 1.52. The lowest BCUT2D eigenvalue weighted by Crippen LogP contribution is -2.17. The number of nitrogen functional groups attached to an aromatic ring is 1. The average molecular weight is 231 g/mol. The molecule has 0 radical (unpaired) electrons. The van der Waals surface area contributed by atoms with Gasteiger partial charge in [-0.15, -0.1) is 0 Å². The van der Waals surface area contributed by atoms with Crippen LogP contribution in [0.15, 0.2) is 6.20 Å². The standard InChI is InChI=1S/C9H17N3O2S/c1-7(6-15(3,13)14)4-12-5-9(10)8(2)11-12/h5,7H,4,6,10H2,1-3H3. The van der Waals surface area contributed by atoms with Gasteiger partial charge in [0, 0.05) is 19.0 Å². The zero-order valence-electron chi connectivity index (χ0n) is 9.27. The van der Waals surface area contributed by atoms with Crippen molar-refractivity contribution in [1.82, 2.24) is 9.78 Å². The van der Waals surface area contributed by atoms with Crippen LogP contribution in [0.25, 0.3) is 0 Å². The molecule has 0 saturated carbocycles. The molecule has 86 valence electrons. The Morgan fingerprint density at radius 2 is 2.20 bits per heavy atom. The highest BCUT2D eigenvalue weighted by atomic mass is 32.2. The van der Waals surface area contributed by atoms with Crippen LogP contribution < -0.4 is 5.73 Å². The van der Waals surface area contributed by atoms with Crippen LogP contribution in [-0.2, 0) is 16.4 Å². The van der Waals surface area contributed by atoms with E-state index >= 15 is 0 Å². The maximum absolute atomic E-state index is 11.0. The van der Waals surface area contributed by atoms with Crippen molar-refractivity contribution in [3.8, 4) is 0 Å². The Labute approximate surface area is 90.2 Å². The molecule has 5 nitrogen and oxygen atoms in total. The van der Waals surface area contributed by atoms with Gasteiger partial charge in [-0.05, 0) is 12.8 Å². The number of hydrogen-bond donors (Lipinski definition) is 1. The van der Waals surface area contributed by atoms with Crippen LogP contribution in [0.1, 0.15) is 12.6 Å². The van der Waals surface area contributed by atoms with E-state index in [2.05, 4.69) is 5.10 Å². The topological polar surface area (TPSA) is 78.0 Å². The van der Waals surface area contributed by atoms with E-state index in [9.17, 15) is 8.42 Å². The highest BCUT2D eigenvalue weighted by molar-refractivity contribution is 7.90. The molecule has 0 aromatic carbocycles. The van der Waals surface area contributed by atoms with Crippen molar-refractivity contribution in [1.29, 1.82) is 0 Å². The summed E-state index contributed by atoms with van der Waals surface area (Å²) in [6, 6.07) is 0. The molecule has 0 aliphatic carbocycles. The van der Waals surface area contributed by atoms with Gasteiger partial charge < -0.3 is 5.73 Å². The van der Waals surface area contributed by atoms with Crippen molar-refractivity contribution in [2.24, 2.45) is 5.92 Å². The molecule has 15 heavy (non-hydrogen) atoms. The van der Waals surface area contributed by atoms with Gasteiger partial charge in [-0.2, -0.15) is 5.10 Å². The van der Waals surface area contributed by atoms with Crippen molar-refractivity contribution in [2.75, 3.05) is 17.7 Å². The summed E-state index contributed by atoms with van der Waals surface area (Å²) in [5.74, 6) is 0.213. The number of nitrogens with two attached hydrogens (primary N) is 1. The van der Waals surface area contributed by atoms with Crippen molar-refractivity contribution in [3.63, 3.8) is 0 Å². The van der Waals surface area contributed by atoms with Crippen LogP contribution in [0, 0.1) is 12.8 Å². The minimum Gasteiger partial charge on any atom is -0.396 e. The van der Waals surface area contributed by atoms with E-state index in [1.807, 2.05) is 13.8 Å². The number of aryl methyl sites for hydroxylation is 1. The molecule has 1 aromatic rings. The quantitative estimate of drug-likeness (QED) is 0.816. The third-order valence-electron chi connectivity index (χ3n) is 2.07. The van der Waals surface area contributed by atoms with Gasteiger partial charge in [-0.25, -0.2) is 8.42 Å². The van der Waals surface area contributed by atoms with Gasteiger partial charge in [0.25, 0.3) is 0 Å². The lowest BCUT2D eigenvalue weighted by Gasteiger charge is -2.09. The number of rotatable bonds is 4. The fourth-order valence-corrected chi connectivity index (χ4v) is 2.65. The van der Waals surface area contributed by atoms with E-state index in [4.69, 9.17) is 5.73 Å². The van der Waals surface area contributed by atoms with Gasteiger partial charge in [0.2, 0.25) is 0 Å². The van der Waals surface area contributed by atoms with Gasteiger partial charge >= 0.3 is 0 Å². The third kappa shape index (κ3) is 3.91. The van der Waals surface area contributed by atoms with Crippen molar-refractivity contribution < 1.29 is 8.42 Å². The largest absolute Gasteiger partial charge is 0.396 e. The molecule has 2 N–H and O–H groups in total. The number of anilines is 1. The highest BCUT2D eigenvalue weighted by Crippen LogP contribution is 2.09. The second kappa shape index (κ2) is 4.22. The third-order valence-corrected chi connectivity index (χ3v) is 3.24. The molecule has 0 aliphatic rings. The van der Waals surface area contributed by atoms with E-state index in [-0.39, 0.29) is 11.7 Å². The maximum Gasteiger partial charge on any atom is 0.147 e. The molecule has 1 rings (SSSR count). The smallest absolute Gasteiger partial charge is 0.147 e. The SMILES string of the molecule is Cc1nn(CC(C)CS(C)(=O)=O)cc1N. The fraction of sp³-hybridized carbons (Fsp3) is 0.667. The highest BCUT2D eigenvalue weighted by Gasteiger charge is 2.12. The molecule has 0 aliphatic heterocycles. The summed E-state index contributed by atoms with van der Waals surface area (Å²) in [5, 5.41) is 4.18. The Kier molecular flexibility index (Phi) is 3.38. The van der Waals surface area contributed by atoms with E-state index in [0.29, 0.717) is 12.2 Å². The number of aromatic nitrogens is 2. The molecule has 1 unspecified atom stereocenters. The Bertz CT molecular complexity index is 417.